The Hall–Kier alpha value is -7.47. The lowest BCUT2D eigenvalue weighted by molar-refractivity contribution is -0.0191. The Morgan fingerprint density at radius 3 is 1.55 bits per heavy atom. The molecule has 2 aliphatic rings. The third kappa shape index (κ3) is 5.95. The van der Waals surface area contributed by atoms with E-state index in [0.717, 1.165) is 54.6 Å². The molecule has 2 aliphatic heterocycles. The lowest BCUT2D eigenvalue weighted by Crippen LogP contribution is -2.36. The van der Waals surface area contributed by atoms with E-state index in [1.807, 2.05) is 0 Å². The van der Waals surface area contributed by atoms with Crippen LogP contribution >= 0.6 is 0 Å². The number of hydrogen-bond donors (Lipinski definition) is 14. The van der Waals surface area contributed by atoms with Gasteiger partial charge in [-0.25, -0.2) is 4.79 Å². The second-order valence-corrected chi connectivity index (χ2v) is 12.9. The van der Waals surface area contributed by atoms with Crippen molar-refractivity contribution >= 4 is 5.97 Å². The van der Waals surface area contributed by atoms with Crippen LogP contribution < -0.4 is 9.47 Å². The fourth-order valence-corrected chi connectivity index (χ4v) is 6.85. The van der Waals surface area contributed by atoms with Crippen molar-refractivity contribution in [2.45, 2.75) is 36.8 Å². The standard InChI is InChI=1S/C37H30O18/c38-14-7-16(39)27-25(8-14)54-36(12-3-20(43)32(49)21(44)4-12)34(51)29(27)28-17(40)10-24-15(30(28)47)9-26(35(53-24)11-1-18(41)31(48)19(42)2-11)55-37(52)13-5-22(45)33(50)23(46)6-13/h1-8,10,26,29,34-36,38-51H,9H2/t26-,29-,34-,35-,36-/m1/s1. The number of carbonyl (C=O) groups is 1. The minimum atomic E-state index is -1.87. The number of phenolic OH excluding ortho intramolecular Hbond substituents is 13. The summed E-state index contributed by atoms with van der Waals surface area (Å²) in [4.78, 5) is 13.4. The number of aliphatic hydroxyl groups is 1. The van der Waals surface area contributed by atoms with Gasteiger partial charge in [-0.15, -0.1) is 0 Å². The Balaban J connectivity index is 1.36. The van der Waals surface area contributed by atoms with Gasteiger partial charge in [-0.1, -0.05) is 0 Å². The van der Waals surface area contributed by atoms with E-state index in [1.54, 1.807) is 0 Å². The van der Waals surface area contributed by atoms with Gasteiger partial charge in [-0.05, 0) is 36.4 Å². The van der Waals surface area contributed by atoms with E-state index >= 15 is 0 Å². The number of ether oxygens (including phenoxy) is 3. The van der Waals surface area contributed by atoms with Gasteiger partial charge in [0.25, 0.3) is 0 Å². The normalized spacial score (nSPS) is 20.1. The lowest BCUT2D eigenvalue weighted by atomic mass is 9.77. The molecule has 0 bridgehead atoms. The van der Waals surface area contributed by atoms with Crippen molar-refractivity contribution in [2.75, 3.05) is 0 Å². The number of phenols is 13. The molecule has 0 amide bonds. The molecule has 0 aromatic heterocycles. The first-order valence-corrected chi connectivity index (χ1v) is 16.1. The van der Waals surface area contributed by atoms with E-state index in [2.05, 4.69) is 0 Å². The molecule has 2 heterocycles. The fourth-order valence-electron chi connectivity index (χ4n) is 6.85. The van der Waals surface area contributed by atoms with Crippen molar-refractivity contribution in [3.8, 4) is 86.2 Å². The first-order chi connectivity index (χ1) is 25.9. The largest absolute Gasteiger partial charge is 0.508 e. The van der Waals surface area contributed by atoms with Crippen molar-refractivity contribution in [3.63, 3.8) is 0 Å². The van der Waals surface area contributed by atoms with Gasteiger partial charge in [0.05, 0.1) is 11.5 Å². The molecule has 5 aromatic rings. The van der Waals surface area contributed by atoms with Gasteiger partial charge >= 0.3 is 5.97 Å². The summed E-state index contributed by atoms with van der Waals surface area (Å²) in [5, 5.41) is 147. The fraction of sp³-hybridized carbons (Fsp3) is 0.162. The SMILES string of the molecule is O=C(O[C@@H]1Cc2c(cc(O)c([C@H]3c4c(O)cc(O)cc4O[C@H](c4cc(O)c(O)c(O)c4)[C@@H]3O)c2O)O[C@@H]1c1cc(O)c(O)c(O)c1)c1cc(O)c(O)c(O)c1. The molecule has 5 aromatic carbocycles. The number of aliphatic hydroxyl groups excluding tert-OH is 1. The zero-order valence-corrected chi connectivity index (χ0v) is 27.7. The Morgan fingerprint density at radius 1 is 0.527 bits per heavy atom. The Kier molecular flexibility index (Phi) is 8.41. The predicted octanol–water partition coefficient (Wildman–Crippen LogP) is 3.39. The molecule has 0 spiro atoms. The van der Waals surface area contributed by atoms with Crippen LogP contribution in [0.25, 0.3) is 0 Å². The lowest BCUT2D eigenvalue weighted by Gasteiger charge is -2.39. The summed E-state index contributed by atoms with van der Waals surface area (Å²) in [7, 11) is 0. The average molecular weight is 763 g/mol. The van der Waals surface area contributed by atoms with Gasteiger partial charge in [0, 0.05) is 52.4 Å². The molecule has 14 N–H and O–H groups in total. The van der Waals surface area contributed by atoms with Crippen LogP contribution in [0.4, 0.5) is 0 Å². The van der Waals surface area contributed by atoms with Crippen LogP contribution in [0.5, 0.6) is 86.2 Å². The molecule has 7 rings (SSSR count). The highest BCUT2D eigenvalue weighted by molar-refractivity contribution is 5.91. The number of benzene rings is 5. The molecule has 55 heavy (non-hydrogen) atoms. The van der Waals surface area contributed by atoms with Gasteiger partial charge in [-0.2, -0.15) is 0 Å². The third-order valence-electron chi connectivity index (χ3n) is 9.42. The number of hydrogen-bond acceptors (Lipinski definition) is 18. The molecular formula is C37H30O18. The highest BCUT2D eigenvalue weighted by Gasteiger charge is 2.46. The van der Waals surface area contributed by atoms with Gasteiger partial charge in [0.2, 0.25) is 0 Å². The van der Waals surface area contributed by atoms with E-state index in [0.29, 0.717) is 0 Å². The monoisotopic (exact) mass is 762 g/mol. The quantitative estimate of drug-likeness (QED) is 0.0901. The van der Waals surface area contributed by atoms with E-state index in [1.165, 1.54) is 0 Å². The van der Waals surface area contributed by atoms with Gasteiger partial charge < -0.3 is 85.7 Å². The summed E-state index contributed by atoms with van der Waals surface area (Å²) >= 11 is 0. The highest BCUT2D eigenvalue weighted by Crippen LogP contribution is 2.57. The van der Waals surface area contributed by atoms with Crippen LogP contribution in [0.15, 0.2) is 54.6 Å². The van der Waals surface area contributed by atoms with E-state index in [-0.39, 0.29) is 33.8 Å². The van der Waals surface area contributed by atoms with Crippen molar-refractivity contribution in [1.82, 2.24) is 0 Å². The predicted molar refractivity (Wildman–Crippen MR) is 181 cm³/mol. The Morgan fingerprint density at radius 2 is 1.00 bits per heavy atom. The second kappa shape index (κ2) is 12.9. The van der Waals surface area contributed by atoms with Crippen LogP contribution in [0.3, 0.4) is 0 Å². The number of rotatable bonds is 5. The van der Waals surface area contributed by atoms with Gasteiger partial charge in [0.1, 0.15) is 46.7 Å². The molecule has 5 atom stereocenters. The molecule has 286 valence electrons. The second-order valence-electron chi connectivity index (χ2n) is 12.9. The molecule has 18 heteroatoms. The maximum atomic E-state index is 13.4. The summed E-state index contributed by atoms with van der Waals surface area (Å²) in [6.07, 6.45) is -6.89. The Labute approximate surface area is 307 Å². The van der Waals surface area contributed by atoms with Crippen molar-refractivity contribution in [3.05, 3.63) is 88.0 Å². The van der Waals surface area contributed by atoms with E-state index in [4.69, 9.17) is 14.2 Å². The maximum Gasteiger partial charge on any atom is 0.338 e. The molecule has 0 unspecified atom stereocenters. The van der Waals surface area contributed by atoms with Crippen LogP contribution in [0.1, 0.15) is 56.3 Å². The molecule has 0 saturated carbocycles. The number of carbonyl (C=O) groups excluding carboxylic acids is 1. The van der Waals surface area contributed by atoms with Crippen molar-refractivity contribution < 1.29 is 90.5 Å². The van der Waals surface area contributed by atoms with Crippen molar-refractivity contribution in [1.29, 1.82) is 0 Å². The van der Waals surface area contributed by atoms with Crippen LogP contribution in [-0.2, 0) is 11.2 Å². The Bertz CT molecular complexity index is 2340. The molecule has 18 nitrogen and oxygen atoms in total. The highest BCUT2D eigenvalue weighted by atomic mass is 16.6. The molecular weight excluding hydrogens is 732 g/mol. The number of aromatic hydroxyl groups is 13. The first-order valence-electron chi connectivity index (χ1n) is 16.1. The summed E-state index contributed by atoms with van der Waals surface area (Å²) < 4.78 is 17.6. The zero-order valence-electron chi connectivity index (χ0n) is 27.7. The first kappa shape index (κ1) is 35.9. The zero-order chi connectivity index (χ0) is 39.8. The minimum absolute atomic E-state index is 0.0857. The smallest absolute Gasteiger partial charge is 0.338 e. The minimum Gasteiger partial charge on any atom is -0.508 e. The van der Waals surface area contributed by atoms with Crippen LogP contribution in [-0.4, -0.2) is 89.7 Å². The average Bonchev–Trinajstić information content (AvgIpc) is 3.11. The topological polar surface area (TPSA) is 328 Å². The third-order valence-corrected chi connectivity index (χ3v) is 9.42. The molecule has 0 radical (unpaired) electrons. The number of fused-ring (bicyclic) bond motifs is 2. The summed E-state index contributed by atoms with van der Waals surface area (Å²) in [6, 6.07) is 8.41. The number of esters is 1. The van der Waals surface area contributed by atoms with E-state index in [9.17, 15) is 76.3 Å². The van der Waals surface area contributed by atoms with Gasteiger partial charge in [0.15, 0.2) is 64.0 Å². The molecule has 0 fully saturated rings. The molecule has 0 aliphatic carbocycles. The molecule has 0 saturated heterocycles. The van der Waals surface area contributed by atoms with Gasteiger partial charge in [-0.3, -0.25) is 0 Å². The van der Waals surface area contributed by atoms with Crippen LogP contribution in [0, 0.1) is 0 Å². The summed E-state index contributed by atoms with van der Waals surface area (Å²) in [6.45, 7) is 0. The van der Waals surface area contributed by atoms with Crippen LogP contribution in [0.2, 0.25) is 0 Å². The maximum absolute atomic E-state index is 13.4. The van der Waals surface area contributed by atoms with E-state index < -0.39 is 129 Å². The summed E-state index contributed by atoms with van der Waals surface area (Å²) in [5.74, 6) is -13.6. The van der Waals surface area contributed by atoms with Crippen molar-refractivity contribution in [2.24, 2.45) is 0 Å². The summed E-state index contributed by atoms with van der Waals surface area (Å²) in [5.41, 5.74) is -1.52.